The van der Waals surface area contributed by atoms with Crippen molar-refractivity contribution in [3.05, 3.63) is 17.7 Å². The van der Waals surface area contributed by atoms with Crippen molar-refractivity contribution < 1.29 is 0 Å². The summed E-state index contributed by atoms with van der Waals surface area (Å²) < 4.78 is 2.23. The van der Waals surface area contributed by atoms with Gasteiger partial charge in [-0.25, -0.2) is 4.98 Å². The lowest BCUT2D eigenvalue weighted by atomic mass is 10.1. The SMILES string of the molecule is Cc1ncn(CCNCC2CCCC2)c1C. The van der Waals surface area contributed by atoms with Crippen molar-refractivity contribution >= 4 is 0 Å². The summed E-state index contributed by atoms with van der Waals surface area (Å²) in [5.74, 6) is 0.936. The molecule has 1 heterocycles. The fourth-order valence-corrected chi connectivity index (χ4v) is 2.49. The van der Waals surface area contributed by atoms with E-state index in [0.717, 1.165) is 24.7 Å². The molecule has 2 rings (SSSR count). The standard InChI is InChI=1S/C13H23N3/c1-11-12(2)16(10-15-11)8-7-14-9-13-5-3-4-6-13/h10,13-14H,3-9H2,1-2H3. The molecule has 0 atom stereocenters. The van der Waals surface area contributed by atoms with Crippen LogP contribution in [-0.2, 0) is 6.54 Å². The molecule has 1 aliphatic carbocycles. The van der Waals surface area contributed by atoms with Gasteiger partial charge in [0, 0.05) is 18.8 Å². The van der Waals surface area contributed by atoms with Gasteiger partial charge in [0.1, 0.15) is 0 Å². The van der Waals surface area contributed by atoms with E-state index in [1.807, 2.05) is 6.33 Å². The number of rotatable bonds is 5. The Morgan fingerprint density at radius 1 is 1.38 bits per heavy atom. The molecule has 0 amide bonds. The predicted octanol–water partition coefficient (Wildman–Crippen LogP) is 2.28. The first-order valence-corrected chi connectivity index (χ1v) is 6.46. The third-order valence-corrected chi connectivity index (χ3v) is 3.78. The maximum absolute atomic E-state index is 4.31. The van der Waals surface area contributed by atoms with Crippen LogP contribution in [0, 0.1) is 19.8 Å². The zero-order valence-corrected chi connectivity index (χ0v) is 10.5. The van der Waals surface area contributed by atoms with Crippen molar-refractivity contribution in [3.63, 3.8) is 0 Å². The second-order valence-electron chi connectivity index (χ2n) is 4.96. The van der Waals surface area contributed by atoms with Gasteiger partial charge in [-0.15, -0.1) is 0 Å². The van der Waals surface area contributed by atoms with E-state index >= 15 is 0 Å². The molecule has 1 aliphatic rings. The first-order chi connectivity index (χ1) is 7.77. The zero-order chi connectivity index (χ0) is 11.4. The molecular formula is C13H23N3. The van der Waals surface area contributed by atoms with E-state index in [9.17, 15) is 0 Å². The molecule has 1 fully saturated rings. The summed E-state index contributed by atoms with van der Waals surface area (Å²) in [6, 6.07) is 0. The summed E-state index contributed by atoms with van der Waals surface area (Å²) in [7, 11) is 0. The molecule has 3 nitrogen and oxygen atoms in total. The second-order valence-corrected chi connectivity index (χ2v) is 4.96. The molecular weight excluding hydrogens is 198 g/mol. The maximum atomic E-state index is 4.31. The molecule has 16 heavy (non-hydrogen) atoms. The topological polar surface area (TPSA) is 29.9 Å². The smallest absolute Gasteiger partial charge is 0.0951 e. The van der Waals surface area contributed by atoms with Crippen LogP contribution in [-0.4, -0.2) is 22.6 Å². The Hall–Kier alpha value is -0.830. The van der Waals surface area contributed by atoms with Crippen LogP contribution < -0.4 is 5.32 Å². The molecule has 0 spiro atoms. The minimum atomic E-state index is 0.936. The lowest BCUT2D eigenvalue weighted by molar-refractivity contribution is 0.475. The van der Waals surface area contributed by atoms with E-state index in [0.29, 0.717) is 0 Å². The third kappa shape index (κ3) is 2.85. The monoisotopic (exact) mass is 221 g/mol. The molecule has 0 bridgehead atoms. The molecule has 0 unspecified atom stereocenters. The van der Waals surface area contributed by atoms with Gasteiger partial charge in [-0.3, -0.25) is 0 Å². The van der Waals surface area contributed by atoms with Crippen molar-refractivity contribution in [2.75, 3.05) is 13.1 Å². The lowest BCUT2D eigenvalue weighted by Crippen LogP contribution is -2.25. The van der Waals surface area contributed by atoms with Crippen LogP contribution >= 0.6 is 0 Å². The number of imidazole rings is 1. The van der Waals surface area contributed by atoms with E-state index in [2.05, 4.69) is 28.7 Å². The lowest BCUT2D eigenvalue weighted by Gasteiger charge is -2.11. The molecule has 0 aromatic carbocycles. The van der Waals surface area contributed by atoms with Gasteiger partial charge >= 0.3 is 0 Å². The first-order valence-electron chi connectivity index (χ1n) is 6.46. The summed E-state index contributed by atoms with van der Waals surface area (Å²) in [6.45, 7) is 7.51. The highest BCUT2D eigenvalue weighted by atomic mass is 15.1. The fraction of sp³-hybridized carbons (Fsp3) is 0.769. The molecule has 0 radical (unpaired) electrons. The fourth-order valence-electron chi connectivity index (χ4n) is 2.49. The molecule has 1 saturated carbocycles. The molecule has 1 aromatic heterocycles. The van der Waals surface area contributed by atoms with E-state index in [1.165, 1.54) is 37.9 Å². The van der Waals surface area contributed by atoms with Crippen LogP contribution in [0.4, 0.5) is 0 Å². The number of hydrogen-bond donors (Lipinski definition) is 1. The minimum absolute atomic E-state index is 0.936. The Balaban J connectivity index is 1.66. The van der Waals surface area contributed by atoms with Gasteiger partial charge in [0.05, 0.1) is 12.0 Å². The quantitative estimate of drug-likeness (QED) is 0.773. The predicted molar refractivity (Wildman–Crippen MR) is 66.5 cm³/mol. The van der Waals surface area contributed by atoms with Gasteiger partial charge in [-0.05, 0) is 39.2 Å². The Morgan fingerprint density at radius 3 is 2.75 bits per heavy atom. The van der Waals surface area contributed by atoms with Crippen molar-refractivity contribution in [2.45, 2.75) is 46.1 Å². The Kier molecular flexibility index (Phi) is 3.99. The molecule has 1 N–H and O–H groups in total. The molecule has 1 aromatic rings. The van der Waals surface area contributed by atoms with Crippen molar-refractivity contribution in [3.8, 4) is 0 Å². The minimum Gasteiger partial charge on any atom is -0.333 e. The summed E-state index contributed by atoms with van der Waals surface area (Å²) in [5.41, 5.74) is 2.44. The molecule has 3 heteroatoms. The van der Waals surface area contributed by atoms with Crippen LogP contribution in [0.2, 0.25) is 0 Å². The normalized spacial score (nSPS) is 17.1. The van der Waals surface area contributed by atoms with Crippen LogP contribution in [0.5, 0.6) is 0 Å². The number of hydrogen-bond acceptors (Lipinski definition) is 2. The van der Waals surface area contributed by atoms with Crippen LogP contribution in [0.15, 0.2) is 6.33 Å². The van der Waals surface area contributed by atoms with E-state index in [1.54, 1.807) is 0 Å². The van der Waals surface area contributed by atoms with Crippen LogP contribution in [0.25, 0.3) is 0 Å². The summed E-state index contributed by atoms with van der Waals surface area (Å²) >= 11 is 0. The summed E-state index contributed by atoms with van der Waals surface area (Å²) in [4.78, 5) is 4.31. The van der Waals surface area contributed by atoms with Crippen molar-refractivity contribution in [1.82, 2.24) is 14.9 Å². The average Bonchev–Trinajstić information content (AvgIpc) is 2.88. The molecule has 0 saturated heterocycles. The van der Waals surface area contributed by atoms with E-state index in [4.69, 9.17) is 0 Å². The zero-order valence-electron chi connectivity index (χ0n) is 10.5. The Bertz CT molecular complexity index is 324. The number of aryl methyl sites for hydroxylation is 1. The maximum Gasteiger partial charge on any atom is 0.0951 e. The number of aromatic nitrogens is 2. The van der Waals surface area contributed by atoms with Gasteiger partial charge in [0.2, 0.25) is 0 Å². The summed E-state index contributed by atoms with van der Waals surface area (Å²) in [5, 5.41) is 3.56. The number of nitrogens with one attached hydrogen (secondary N) is 1. The largest absolute Gasteiger partial charge is 0.333 e. The van der Waals surface area contributed by atoms with Crippen molar-refractivity contribution in [2.24, 2.45) is 5.92 Å². The van der Waals surface area contributed by atoms with E-state index in [-0.39, 0.29) is 0 Å². The average molecular weight is 221 g/mol. The molecule has 0 aliphatic heterocycles. The Morgan fingerprint density at radius 2 is 2.12 bits per heavy atom. The van der Waals surface area contributed by atoms with Gasteiger partial charge < -0.3 is 9.88 Å². The first kappa shape index (κ1) is 11.6. The van der Waals surface area contributed by atoms with Gasteiger partial charge in [0.25, 0.3) is 0 Å². The van der Waals surface area contributed by atoms with Crippen LogP contribution in [0.1, 0.15) is 37.1 Å². The molecule has 90 valence electrons. The highest BCUT2D eigenvalue weighted by Gasteiger charge is 2.13. The summed E-state index contributed by atoms with van der Waals surface area (Å²) in [6.07, 6.45) is 7.67. The van der Waals surface area contributed by atoms with E-state index < -0.39 is 0 Å². The third-order valence-electron chi connectivity index (χ3n) is 3.78. The van der Waals surface area contributed by atoms with Gasteiger partial charge in [0.15, 0.2) is 0 Å². The van der Waals surface area contributed by atoms with Crippen LogP contribution in [0.3, 0.4) is 0 Å². The highest BCUT2D eigenvalue weighted by molar-refractivity contribution is 5.08. The van der Waals surface area contributed by atoms with Gasteiger partial charge in [-0.1, -0.05) is 12.8 Å². The Labute approximate surface area is 98.3 Å². The van der Waals surface area contributed by atoms with Crippen molar-refractivity contribution in [1.29, 1.82) is 0 Å². The second kappa shape index (κ2) is 5.48. The highest BCUT2D eigenvalue weighted by Crippen LogP contribution is 2.23. The van der Waals surface area contributed by atoms with Gasteiger partial charge in [-0.2, -0.15) is 0 Å². The number of nitrogens with zero attached hydrogens (tertiary/aromatic N) is 2.